The average molecular weight is 384 g/mol. The third-order valence-corrected chi connectivity index (χ3v) is 5.37. The Hall–Kier alpha value is -2.60. The van der Waals surface area contributed by atoms with Gasteiger partial charge in [0.2, 0.25) is 0 Å². The van der Waals surface area contributed by atoms with Crippen molar-refractivity contribution < 1.29 is 4.79 Å². The maximum Gasteiger partial charge on any atom is 0.272 e. The second-order valence-electron chi connectivity index (χ2n) is 7.04. The number of aryl methyl sites for hydroxylation is 2. The molecule has 1 aliphatic rings. The van der Waals surface area contributed by atoms with Gasteiger partial charge in [-0.1, -0.05) is 11.6 Å². The molecule has 27 heavy (non-hydrogen) atoms. The zero-order chi connectivity index (χ0) is 19.0. The summed E-state index contributed by atoms with van der Waals surface area (Å²) < 4.78 is 1.72. The summed E-state index contributed by atoms with van der Waals surface area (Å²) in [5.74, 6) is 0.868. The number of amides is 1. The van der Waals surface area contributed by atoms with Gasteiger partial charge in [-0.3, -0.25) is 9.48 Å². The van der Waals surface area contributed by atoms with Crippen molar-refractivity contribution in [1.29, 1.82) is 0 Å². The second kappa shape index (κ2) is 7.19. The van der Waals surface area contributed by atoms with Crippen LogP contribution in [0.5, 0.6) is 0 Å². The Kier molecular flexibility index (Phi) is 4.74. The predicted octanol–water partition coefficient (Wildman–Crippen LogP) is 3.33. The monoisotopic (exact) mass is 383 g/mol. The maximum absolute atomic E-state index is 12.4. The number of pyridine rings is 1. The molecular formula is C20H22ClN5O. The van der Waals surface area contributed by atoms with Gasteiger partial charge in [0, 0.05) is 42.3 Å². The van der Waals surface area contributed by atoms with Gasteiger partial charge < -0.3 is 10.2 Å². The molecule has 1 N–H and O–H groups in total. The van der Waals surface area contributed by atoms with Crippen LogP contribution in [0.25, 0.3) is 10.9 Å². The van der Waals surface area contributed by atoms with Gasteiger partial charge in [-0.15, -0.1) is 0 Å². The molecule has 6 nitrogen and oxygen atoms in total. The van der Waals surface area contributed by atoms with Gasteiger partial charge in [0.15, 0.2) is 0 Å². The van der Waals surface area contributed by atoms with Gasteiger partial charge in [0.1, 0.15) is 11.5 Å². The molecule has 3 aromatic rings. The minimum atomic E-state index is -0.0992. The van der Waals surface area contributed by atoms with Gasteiger partial charge in [-0.25, -0.2) is 4.98 Å². The number of carbonyl (C=O) groups excluding carboxylic acids is 1. The molecule has 3 heterocycles. The molecule has 0 saturated carbocycles. The summed E-state index contributed by atoms with van der Waals surface area (Å²) in [6.45, 7) is 3.66. The fourth-order valence-corrected chi connectivity index (χ4v) is 3.63. The minimum absolute atomic E-state index is 0.0992. The van der Waals surface area contributed by atoms with Crippen LogP contribution in [0.15, 0.2) is 36.4 Å². The number of benzene rings is 1. The largest absolute Gasteiger partial charge is 0.356 e. The van der Waals surface area contributed by atoms with Crippen LogP contribution in [0.3, 0.4) is 0 Å². The molecule has 4 rings (SSSR count). The number of hydrogen-bond donors (Lipinski definition) is 1. The lowest BCUT2D eigenvalue weighted by atomic mass is 10.0. The molecule has 2 aromatic heterocycles. The Morgan fingerprint density at radius 3 is 2.67 bits per heavy atom. The number of nitrogens with zero attached hydrogens (tertiary/aromatic N) is 4. The number of halogens is 1. The lowest BCUT2D eigenvalue weighted by molar-refractivity contribution is 0.0925. The van der Waals surface area contributed by atoms with E-state index in [0.717, 1.165) is 53.4 Å². The summed E-state index contributed by atoms with van der Waals surface area (Å²) in [5, 5.41) is 9.12. The SMILES string of the molecule is Cc1cc(C(=O)NC2CCN(c3ccc4cc(Cl)ccc4n3)CC2)nn1C. The first-order valence-corrected chi connectivity index (χ1v) is 9.50. The van der Waals surface area contributed by atoms with E-state index in [4.69, 9.17) is 16.6 Å². The molecule has 0 unspecified atom stereocenters. The zero-order valence-electron chi connectivity index (χ0n) is 15.4. The number of piperidine rings is 1. The summed E-state index contributed by atoms with van der Waals surface area (Å²) in [4.78, 5) is 19.4. The van der Waals surface area contributed by atoms with Crippen molar-refractivity contribution in [3.05, 3.63) is 52.8 Å². The second-order valence-corrected chi connectivity index (χ2v) is 7.47. The minimum Gasteiger partial charge on any atom is -0.356 e. The van der Waals surface area contributed by atoms with Crippen molar-refractivity contribution in [3.8, 4) is 0 Å². The Bertz CT molecular complexity index is 972. The summed E-state index contributed by atoms with van der Waals surface area (Å²) in [6.07, 6.45) is 1.77. The van der Waals surface area contributed by atoms with Crippen LogP contribution in [-0.4, -0.2) is 39.8 Å². The van der Waals surface area contributed by atoms with Crippen LogP contribution >= 0.6 is 11.6 Å². The van der Waals surface area contributed by atoms with E-state index in [1.165, 1.54) is 0 Å². The van der Waals surface area contributed by atoms with Gasteiger partial charge in [0.25, 0.3) is 5.91 Å². The summed E-state index contributed by atoms with van der Waals surface area (Å²) >= 11 is 6.04. The first-order valence-electron chi connectivity index (χ1n) is 9.12. The highest BCUT2D eigenvalue weighted by molar-refractivity contribution is 6.31. The molecule has 1 aliphatic heterocycles. The molecule has 1 saturated heterocycles. The van der Waals surface area contributed by atoms with Gasteiger partial charge in [-0.2, -0.15) is 5.10 Å². The van der Waals surface area contributed by atoms with Crippen molar-refractivity contribution in [3.63, 3.8) is 0 Å². The number of anilines is 1. The van der Waals surface area contributed by atoms with Crippen molar-refractivity contribution in [2.75, 3.05) is 18.0 Å². The summed E-state index contributed by atoms with van der Waals surface area (Å²) in [6, 6.07) is 11.8. The summed E-state index contributed by atoms with van der Waals surface area (Å²) in [7, 11) is 1.84. The normalized spacial score (nSPS) is 15.3. The van der Waals surface area contributed by atoms with Crippen LogP contribution < -0.4 is 10.2 Å². The highest BCUT2D eigenvalue weighted by atomic mass is 35.5. The molecule has 7 heteroatoms. The Morgan fingerprint density at radius 1 is 1.19 bits per heavy atom. The molecule has 1 fully saturated rings. The van der Waals surface area contributed by atoms with Crippen LogP contribution in [0.2, 0.25) is 5.02 Å². The molecule has 0 radical (unpaired) electrons. The molecule has 140 valence electrons. The van der Waals surface area contributed by atoms with E-state index < -0.39 is 0 Å². The van der Waals surface area contributed by atoms with E-state index in [2.05, 4.69) is 21.4 Å². The van der Waals surface area contributed by atoms with Crippen molar-refractivity contribution in [2.45, 2.75) is 25.8 Å². The van der Waals surface area contributed by atoms with Crippen molar-refractivity contribution in [2.24, 2.45) is 7.05 Å². The molecule has 0 spiro atoms. The first-order chi connectivity index (χ1) is 13.0. The maximum atomic E-state index is 12.4. The smallest absolute Gasteiger partial charge is 0.272 e. The Morgan fingerprint density at radius 2 is 1.96 bits per heavy atom. The van der Waals surface area contributed by atoms with E-state index in [-0.39, 0.29) is 11.9 Å². The predicted molar refractivity (Wildman–Crippen MR) is 107 cm³/mol. The highest BCUT2D eigenvalue weighted by Crippen LogP contribution is 2.23. The van der Waals surface area contributed by atoms with Gasteiger partial charge in [-0.05, 0) is 56.2 Å². The standard InChI is InChI=1S/C20H22ClN5O/c1-13-11-18(24-25(13)2)20(27)22-16-7-9-26(10-8-16)19-6-3-14-12-15(21)4-5-17(14)23-19/h3-6,11-12,16H,7-10H2,1-2H3,(H,22,27). The third kappa shape index (κ3) is 3.76. The highest BCUT2D eigenvalue weighted by Gasteiger charge is 2.23. The summed E-state index contributed by atoms with van der Waals surface area (Å²) in [5.41, 5.74) is 2.39. The number of carbonyl (C=O) groups is 1. The molecule has 0 bridgehead atoms. The van der Waals surface area contributed by atoms with Crippen LogP contribution in [0.1, 0.15) is 29.0 Å². The topological polar surface area (TPSA) is 63.1 Å². The van der Waals surface area contributed by atoms with E-state index in [0.29, 0.717) is 5.69 Å². The number of rotatable bonds is 3. The first kappa shape index (κ1) is 17.8. The molecule has 1 amide bonds. The quantitative estimate of drug-likeness (QED) is 0.753. The zero-order valence-corrected chi connectivity index (χ0v) is 16.2. The van der Waals surface area contributed by atoms with Crippen LogP contribution in [0, 0.1) is 6.92 Å². The van der Waals surface area contributed by atoms with E-state index in [1.807, 2.05) is 44.3 Å². The third-order valence-electron chi connectivity index (χ3n) is 5.14. The lowest BCUT2D eigenvalue weighted by Crippen LogP contribution is -2.45. The van der Waals surface area contributed by atoms with Crippen molar-refractivity contribution >= 4 is 34.2 Å². The van der Waals surface area contributed by atoms with Gasteiger partial charge in [0.05, 0.1) is 5.52 Å². The number of fused-ring (bicyclic) bond motifs is 1. The lowest BCUT2D eigenvalue weighted by Gasteiger charge is -2.33. The van der Waals surface area contributed by atoms with Crippen LogP contribution in [-0.2, 0) is 7.05 Å². The molecular weight excluding hydrogens is 362 g/mol. The van der Waals surface area contributed by atoms with E-state index in [9.17, 15) is 4.79 Å². The molecule has 0 atom stereocenters. The number of nitrogens with one attached hydrogen (secondary N) is 1. The van der Waals surface area contributed by atoms with Crippen LogP contribution in [0.4, 0.5) is 5.82 Å². The molecule has 0 aliphatic carbocycles. The fourth-order valence-electron chi connectivity index (χ4n) is 3.45. The van der Waals surface area contributed by atoms with Crippen molar-refractivity contribution in [1.82, 2.24) is 20.1 Å². The number of hydrogen-bond acceptors (Lipinski definition) is 4. The fraction of sp³-hybridized carbons (Fsp3) is 0.350. The Labute approximate surface area is 163 Å². The Balaban J connectivity index is 1.38. The van der Waals surface area contributed by atoms with E-state index in [1.54, 1.807) is 4.68 Å². The van der Waals surface area contributed by atoms with Gasteiger partial charge >= 0.3 is 0 Å². The average Bonchev–Trinajstić information content (AvgIpc) is 3.01. The number of aromatic nitrogens is 3. The molecule has 1 aromatic carbocycles. The van der Waals surface area contributed by atoms with E-state index >= 15 is 0 Å².